The first-order valence-corrected chi connectivity index (χ1v) is 7.84. The van der Waals surface area contributed by atoms with Gasteiger partial charge in [-0.05, 0) is 38.3 Å². The van der Waals surface area contributed by atoms with Gasteiger partial charge < -0.3 is 15.2 Å². The van der Waals surface area contributed by atoms with E-state index in [9.17, 15) is 4.79 Å². The second-order valence-electron chi connectivity index (χ2n) is 6.22. The van der Waals surface area contributed by atoms with Crippen LogP contribution < -0.4 is 10.6 Å². The highest BCUT2D eigenvalue weighted by Crippen LogP contribution is 2.27. The number of amides is 1. The van der Waals surface area contributed by atoms with Crippen LogP contribution in [0.5, 0.6) is 0 Å². The zero-order valence-corrected chi connectivity index (χ0v) is 13.3. The molecular formula is C16H22N4O2. The van der Waals surface area contributed by atoms with Gasteiger partial charge in [0.1, 0.15) is 0 Å². The molecule has 0 spiro atoms. The maximum atomic E-state index is 12.6. The van der Waals surface area contributed by atoms with Crippen molar-refractivity contribution in [2.24, 2.45) is 0 Å². The molecule has 1 saturated heterocycles. The molecule has 1 aliphatic heterocycles. The Morgan fingerprint density at radius 3 is 3.05 bits per heavy atom. The van der Waals surface area contributed by atoms with Gasteiger partial charge in [0.15, 0.2) is 0 Å². The molecule has 0 saturated carbocycles. The molecule has 0 aliphatic carbocycles. The molecule has 6 heteroatoms. The zero-order valence-electron chi connectivity index (χ0n) is 13.3. The molecule has 0 bridgehead atoms. The smallest absolute Gasteiger partial charge is 0.259 e. The standard InChI is InChI=1S/C16H22N4O2/c1-9(2)14-13-12(7-10(3)19-16(13)22-20-14)15(21)18-8-11-5-4-6-17-11/h7,9,11,17H,4-6,8H2,1-3H3,(H,18,21). The van der Waals surface area contributed by atoms with Gasteiger partial charge in [0.2, 0.25) is 0 Å². The third-order valence-electron chi connectivity index (χ3n) is 4.06. The highest BCUT2D eigenvalue weighted by atomic mass is 16.5. The minimum atomic E-state index is -0.0886. The predicted molar refractivity (Wildman–Crippen MR) is 84.0 cm³/mol. The summed E-state index contributed by atoms with van der Waals surface area (Å²) in [7, 11) is 0. The molecule has 1 atom stereocenters. The fraction of sp³-hybridized carbons (Fsp3) is 0.562. The fourth-order valence-corrected chi connectivity index (χ4v) is 2.91. The summed E-state index contributed by atoms with van der Waals surface area (Å²) in [5.41, 5.74) is 2.58. The predicted octanol–water partition coefficient (Wildman–Crippen LogP) is 2.14. The van der Waals surface area contributed by atoms with Gasteiger partial charge in [-0.2, -0.15) is 0 Å². The summed E-state index contributed by atoms with van der Waals surface area (Å²) in [5.74, 6) is 0.0862. The van der Waals surface area contributed by atoms with Crippen molar-refractivity contribution in [1.82, 2.24) is 20.8 Å². The fourth-order valence-electron chi connectivity index (χ4n) is 2.91. The van der Waals surface area contributed by atoms with Crippen LogP contribution in [0.4, 0.5) is 0 Å². The van der Waals surface area contributed by atoms with E-state index in [0.29, 0.717) is 23.9 Å². The van der Waals surface area contributed by atoms with Gasteiger partial charge in [0.05, 0.1) is 16.6 Å². The molecule has 118 valence electrons. The summed E-state index contributed by atoms with van der Waals surface area (Å²) in [5, 5.41) is 11.2. The number of aryl methyl sites for hydroxylation is 1. The molecule has 2 aromatic heterocycles. The molecule has 3 rings (SSSR count). The first-order chi connectivity index (χ1) is 10.6. The quantitative estimate of drug-likeness (QED) is 0.904. The molecule has 22 heavy (non-hydrogen) atoms. The number of nitrogens with zero attached hydrogens (tertiary/aromatic N) is 2. The van der Waals surface area contributed by atoms with Crippen LogP contribution in [0.15, 0.2) is 10.6 Å². The largest absolute Gasteiger partial charge is 0.350 e. The normalized spacial score (nSPS) is 18.3. The number of carbonyl (C=O) groups excluding carboxylic acids is 1. The van der Waals surface area contributed by atoms with Crippen LogP contribution in [0.3, 0.4) is 0 Å². The lowest BCUT2D eigenvalue weighted by atomic mass is 10.0. The van der Waals surface area contributed by atoms with Crippen molar-refractivity contribution in [2.75, 3.05) is 13.1 Å². The third-order valence-corrected chi connectivity index (χ3v) is 4.06. The van der Waals surface area contributed by atoms with Gasteiger partial charge in [0, 0.05) is 18.3 Å². The van der Waals surface area contributed by atoms with Crippen LogP contribution in [0.1, 0.15) is 54.4 Å². The van der Waals surface area contributed by atoms with Crippen molar-refractivity contribution in [3.05, 3.63) is 23.0 Å². The van der Waals surface area contributed by atoms with E-state index in [2.05, 4.69) is 20.8 Å². The van der Waals surface area contributed by atoms with E-state index in [-0.39, 0.29) is 11.8 Å². The number of carbonyl (C=O) groups is 1. The molecule has 2 aromatic rings. The Bertz CT molecular complexity index is 687. The van der Waals surface area contributed by atoms with Gasteiger partial charge in [-0.1, -0.05) is 19.0 Å². The number of hydrogen-bond acceptors (Lipinski definition) is 5. The van der Waals surface area contributed by atoms with Gasteiger partial charge in [-0.3, -0.25) is 4.79 Å². The lowest BCUT2D eigenvalue weighted by Crippen LogP contribution is -2.37. The number of rotatable bonds is 4. The Labute approximate surface area is 129 Å². The van der Waals surface area contributed by atoms with Crippen LogP contribution in [-0.4, -0.2) is 35.2 Å². The van der Waals surface area contributed by atoms with E-state index in [1.165, 1.54) is 6.42 Å². The summed E-state index contributed by atoms with van der Waals surface area (Å²) in [4.78, 5) is 16.9. The molecule has 1 unspecified atom stereocenters. The third kappa shape index (κ3) is 2.83. The Hall–Kier alpha value is -1.95. The van der Waals surface area contributed by atoms with Crippen LogP contribution in [0.2, 0.25) is 0 Å². The molecule has 1 aliphatic rings. The van der Waals surface area contributed by atoms with E-state index in [0.717, 1.165) is 29.7 Å². The molecule has 0 radical (unpaired) electrons. The monoisotopic (exact) mass is 302 g/mol. The molecule has 2 N–H and O–H groups in total. The van der Waals surface area contributed by atoms with Crippen molar-refractivity contribution < 1.29 is 9.32 Å². The first-order valence-electron chi connectivity index (χ1n) is 7.84. The van der Waals surface area contributed by atoms with Crippen molar-refractivity contribution in [1.29, 1.82) is 0 Å². The molecule has 1 amide bonds. The van der Waals surface area contributed by atoms with Gasteiger partial charge in [-0.25, -0.2) is 4.98 Å². The second-order valence-corrected chi connectivity index (χ2v) is 6.22. The number of hydrogen-bond donors (Lipinski definition) is 2. The Kier molecular flexibility index (Phi) is 4.11. The van der Waals surface area contributed by atoms with Crippen molar-refractivity contribution in [3.8, 4) is 0 Å². The molecule has 6 nitrogen and oxygen atoms in total. The number of pyridine rings is 1. The van der Waals surface area contributed by atoms with E-state index in [4.69, 9.17) is 4.52 Å². The lowest BCUT2D eigenvalue weighted by molar-refractivity contribution is 0.0951. The summed E-state index contributed by atoms with van der Waals surface area (Å²) in [6.07, 6.45) is 2.28. The van der Waals surface area contributed by atoms with E-state index < -0.39 is 0 Å². The van der Waals surface area contributed by atoms with Crippen LogP contribution in [0, 0.1) is 6.92 Å². The summed E-state index contributed by atoms with van der Waals surface area (Å²) < 4.78 is 5.31. The molecule has 0 aromatic carbocycles. The Balaban J connectivity index is 1.90. The second kappa shape index (κ2) is 6.04. The van der Waals surface area contributed by atoms with Gasteiger partial charge >= 0.3 is 0 Å². The van der Waals surface area contributed by atoms with Crippen molar-refractivity contribution in [2.45, 2.75) is 45.6 Å². The van der Waals surface area contributed by atoms with Crippen molar-refractivity contribution in [3.63, 3.8) is 0 Å². The minimum absolute atomic E-state index is 0.0886. The van der Waals surface area contributed by atoms with Crippen molar-refractivity contribution >= 4 is 17.0 Å². The number of aromatic nitrogens is 2. The highest BCUT2D eigenvalue weighted by Gasteiger charge is 2.22. The first kappa shape index (κ1) is 15.0. The summed E-state index contributed by atoms with van der Waals surface area (Å²) in [6.45, 7) is 7.58. The van der Waals surface area contributed by atoms with E-state index in [1.807, 2.05) is 26.8 Å². The average molecular weight is 302 g/mol. The lowest BCUT2D eigenvalue weighted by Gasteiger charge is -2.12. The minimum Gasteiger partial charge on any atom is -0.350 e. The maximum Gasteiger partial charge on any atom is 0.259 e. The van der Waals surface area contributed by atoms with E-state index >= 15 is 0 Å². The van der Waals surface area contributed by atoms with Crippen LogP contribution in [0.25, 0.3) is 11.1 Å². The van der Waals surface area contributed by atoms with Crippen LogP contribution >= 0.6 is 0 Å². The molecular weight excluding hydrogens is 280 g/mol. The number of nitrogens with one attached hydrogen (secondary N) is 2. The highest BCUT2D eigenvalue weighted by molar-refractivity contribution is 6.06. The number of fused-ring (bicyclic) bond motifs is 1. The van der Waals surface area contributed by atoms with Gasteiger partial charge in [0.25, 0.3) is 11.6 Å². The topological polar surface area (TPSA) is 80.0 Å². The molecule has 1 fully saturated rings. The Morgan fingerprint density at radius 1 is 1.55 bits per heavy atom. The Morgan fingerprint density at radius 2 is 2.36 bits per heavy atom. The maximum absolute atomic E-state index is 12.6. The SMILES string of the molecule is Cc1cc(C(=O)NCC2CCCN2)c2c(C(C)C)noc2n1. The summed E-state index contributed by atoms with van der Waals surface area (Å²) in [6, 6.07) is 2.18. The zero-order chi connectivity index (χ0) is 15.7. The van der Waals surface area contributed by atoms with Gasteiger partial charge in [-0.15, -0.1) is 0 Å². The molecule has 3 heterocycles. The van der Waals surface area contributed by atoms with E-state index in [1.54, 1.807) is 0 Å². The summed E-state index contributed by atoms with van der Waals surface area (Å²) >= 11 is 0. The van der Waals surface area contributed by atoms with Crippen LogP contribution in [-0.2, 0) is 0 Å². The average Bonchev–Trinajstić information content (AvgIpc) is 3.12.